The molecule has 0 unspecified atom stereocenters. The zero-order chi connectivity index (χ0) is 20.8. The Morgan fingerprint density at radius 1 is 1.28 bits per heavy atom. The summed E-state index contributed by atoms with van der Waals surface area (Å²) in [6.07, 6.45) is 7.52. The Morgan fingerprint density at radius 3 is 2.69 bits per heavy atom. The Morgan fingerprint density at radius 2 is 2.03 bits per heavy atom. The maximum Gasteiger partial charge on any atom is 0.254 e. The summed E-state index contributed by atoms with van der Waals surface area (Å²) in [6, 6.07) is 9.92. The van der Waals surface area contributed by atoms with Crippen LogP contribution in [-0.2, 0) is 6.54 Å². The lowest BCUT2D eigenvalue weighted by Crippen LogP contribution is -2.45. The molecular formula is C23H32N4O2. The smallest absolute Gasteiger partial charge is 0.254 e. The number of carbonyl (C=O) groups is 1. The third-order valence-corrected chi connectivity index (χ3v) is 5.60. The van der Waals surface area contributed by atoms with Crippen LogP contribution in [0.4, 0.5) is 11.5 Å². The molecule has 1 aromatic carbocycles. The van der Waals surface area contributed by atoms with Crippen molar-refractivity contribution >= 4 is 17.4 Å². The number of pyridine rings is 1. The van der Waals surface area contributed by atoms with Crippen LogP contribution in [0.25, 0.3) is 0 Å². The van der Waals surface area contributed by atoms with Crippen molar-refractivity contribution < 1.29 is 9.53 Å². The third kappa shape index (κ3) is 5.00. The largest absolute Gasteiger partial charge is 0.496 e. The molecule has 0 bridgehead atoms. The highest BCUT2D eigenvalue weighted by molar-refractivity contribution is 5.95. The molecule has 1 fully saturated rings. The van der Waals surface area contributed by atoms with E-state index in [9.17, 15) is 4.79 Å². The van der Waals surface area contributed by atoms with E-state index in [-0.39, 0.29) is 11.9 Å². The molecule has 156 valence electrons. The van der Waals surface area contributed by atoms with Gasteiger partial charge >= 0.3 is 0 Å². The summed E-state index contributed by atoms with van der Waals surface area (Å²) in [4.78, 5) is 19.5. The van der Waals surface area contributed by atoms with Crippen molar-refractivity contribution in [2.75, 3.05) is 18.2 Å². The minimum atomic E-state index is 0.0845. The van der Waals surface area contributed by atoms with E-state index in [1.54, 1.807) is 13.3 Å². The number of rotatable bonds is 7. The maximum absolute atomic E-state index is 13.3. The van der Waals surface area contributed by atoms with Gasteiger partial charge in [0.15, 0.2) is 0 Å². The number of aromatic nitrogens is 1. The van der Waals surface area contributed by atoms with Crippen LogP contribution < -0.4 is 15.8 Å². The molecule has 3 rings (SSSR count). The molecule has 1 heterocycles. The fourth-order valence-electron chi connectivity index (χ4n) is 4.11. The number of amides is 1. The molecule has 1 saturated carbocycles. The molecule has 0 radical (unpaired) electrons. The van der Waals surface area contributed by atoms with Gasteiger partial charge in [-0.05, 0) is 51.0 Å². The van der Waals surface area contributed by atoms with Crippen LogP contribution in [0, 0.1) is 0 Å². The highest BCUT2D eigenvalue weighted by atomic mass is 16.5. The molecule has 1 aliphatic carbocycles. The van der Waals surface area contributed by atoms with Gasteiger partial charge in [0.05, 0.1) is 12.8 Å². The Balaban J connectivity index is 1.77. The van der Waals surface area contributed by atoms with Crippen LogP contribution in [0.3, 0.4) is 0 Å². The number of nitrogens with one attached hydrogen (secondary N) is 1. The Kier molecular flexibility index (Phi) is 6.96. The van der Waals surface area contributed by atoms with Crippen LogP contribution >= 0.6 is 0 Å². The second-order valence-corrected chi connectivity index (χ2v) is 7.91. The average Bonchev–Trinajstić information content (AvgIpc) is 2.73. The molecule has 0 saturated heterocycles. The first-order valence-corrected chi connectivity index (χ1v) is 10.4. The van der Waals surface area contributed by atoms with E-state index in [4.69, 9.17) is 10.5 Å². The van der Waals surface area contributed by atoms with Gasteiger partial charge in [-0.3, -0.25) is 4.79 Å². The highest BCUT2D eigenvalue weighted by Gasteiger charge is 2.28. The van der Waals surface area contributed by atoms with E-state index >= 15 is 0 Å². The zero-order valence-corrected chi connectivity index (χ0v) is 17.6. The molecule has 6 nitrogen and oxygen atoms in total. The van der Waals surface area contributed by atoms with E-state index in [2.05, 4.69) is 29.0 Å². The summed E-state index contributed by atoms with van der Waals surface area (Å²) in [7, 11) is 1.63. The normalized spacial score (nSPS) is 14.6. The number of anilines is 2. The van der Waals surface area contributed by atoms with Crippen LogP contribution in [0.5, 0.6) is 5.75 Å². The van der Waals surface area contributed by atoms with Gasteiger partial charge in [0.2, 0.25) is 0 Å². The molecule has 1 aromatic heterocycles. The number of hydrogen-bond acceptors (Lipinski definition) is 5. The first kappa shape index (κ1) is 21.0. The molecule has 0 spiro atoms. The van der Waals surface area contributed by atoms with Crippen molar-refractivity contribution in [3.8, 4) is 5.75 Å². The van der Waals surface area contributed by atoms with Crippen molar-refractivity contribution in [2.24, 2.45) is 0 Å². The SMILES string of the molecule is COc1cc(C(=O)N(C(C)C)C2CCCCC2)ccc1CNc1cccnc1N. The van der Waals surface area contributed by atoms with Gasteiger partial charge in [0.25, 0.3) is 5.91 Å². The lowest BCUT2D eigenvalue weighted by Gasteiger charge is -2.37. The van der Waals surface area contributed by atoms with Crippen molar-refractivity contribution in [1.82, 2.24) is 9.88 Å². The first-order valence-electron chi connectivity index (χ1n) is 10.4. The molecule has 6 heteroatoms. The maximum atomic E-state index is 13.3. The minimum Gasteiger partial charge on any atom is -0.496 e. The summed E-state index contributed by atoms with van der Waals surface area (Å²) in [5.74, 6) is 1.23. The minimum absolute atomic E-state index is 0.0845. The van der Waals surface area contributed by atoms with Gasteiger partial charge in [-0.2, -0.15) is 0 Å². The molecule has 0 aliphatic heterocycles. The number of ether oxygens (including phenoxy) is 1. The molecule has 29 heavy (non-hydrogen) atoms. The summed E-state index contributed by atoms with van der Waals surface area (Å²) >= 11 is 0. The molecule has 2 aromatic rings. The zero-order valence-electron chi connectivity index (χ0n) is 17.6. The topological polar surface area (TPSA) is 80.5 Å². The second-order valence-electron chi connectivity index (χ2n) is 7.91. The second kappa shape index (κ2) is 9.63. The van der Waals surface area contributed by atoms with Crippen molar-refractivity contribution in [2.45, 2.75) is 64.6 Å². The number of nitrogen functional groups attached to an aromatic ring is 1. The molecular weight excluding hydrogens is 364 g/mol. The van der Waals surface area contributed by atoms with Crippen LogP contribution in [-0.4, -0.2) is 35.0 Å². The standard InChI is InChI=1S/C23H32N4O2/c1-16(2)27(19-8-5-4-6-9-19)23(28)17-11-12-18(21(14-17)29-3)15-26-20-10-7-13-25-22(20)24/h7,10-14,16,19,26H,4-6,8-9,15H2,1-3H3,(H2,24,25). The number of methoxy groups -OCH3 is 1. The Labute approximate surface area is 173 Å². The van der Waals surface area contributed by atoms with Gasteiger partial charge in [-0.1, -0.05) is 25.3 Å². The fraction of sp³-hybridized carbons (Fsp3) is 0.478. The molecule has 1 amide bonds. The predicted molar refractivity (Wildman–Crippen MR) is 117 cm³/mol. The van der Waals surface area contributed by atoms with E-state index in [1.165, 1.54) is 19.3 Å². The van der Waals surface area contributed by atoms with Gasteiger partial charge in [-0.15, -0.1) is 0 Å². The highest BCUT2D eigenvalue weighted by Crippen LogP contribution is 2.28. The quantitative estimate of drug-likeness (QED) is 0.722. The number of benzene rings is 1. The monoisotopic (exact) mass is 396 g/mol. The number of carbonyl (C=O) groups excluding carboxylic acids is 1. The van der Waals surface area contributed by atoms with Gasteiger partial charge in [0, 0.05) is 36.0 Å². The number of nitrogens with zero attached hydrogens (tertiary/aromatic N) is 2. The average molecular weight is 397 g/mol. The van der Waals surface area contributed by atoms with Crippen LogP contribution in [0.1, 0.15) is 61.9 Å². The van der Waals surface area contributed by atoms with E-state index < -0.39 is 0 Å². The van der Waals surface area contributed by atoms with E-state index in [0.717, 1.165) is 24.1 Å². The molecule has 3 N–H and O–H groups in total. The summed E-state index contributed by atoms with van der Waals surface area (Å²) in [5.41, 5.74) is 8.30. The Bertz CT molecular complexity index is 831. The van der Waals surface area contributed by atoms with Crippen LogP contribution in [0.2, 0.25) is 0 Å². The third-order valence-electron chi connectivity index (χ3n) is 5.60. The lowest BCUT2D eigenvalue weighted by atomic mass is 9.92. The predicted octanol–water partition coefficient (Wildman–Crippen LogP) is 4.47. The lowest BCUT2D eigenvalue weighted by molar-refractivity contribution is 0.0555. The van der Waals surface area contributed by atoms with Crippen LogP contribution in [0.15, 0.2) is 36.5 Å². The van der Waals surface area contributed by atoms with Crippen molar-refractivity contribution in [1.29, 1.82) is 0 Å². The van der Waals surface area contributed by atoms with Gasteiger partial charge in [-0.25, -0.2) is 4.98 Å². The molecule has 0 atom stereocenters. The van der Waals surface area contributed by atoms with Crippen molar-refractivity contribution in [3.05, 3.63) is 47.7 Å². The molecule has 1 aliphatic rings. The summed E-state index contributed by atoms with van der Waals surface area (Å²) in [6.45, 7) is 4.73. The van der Waals surface area contributed by atoms with Gasteiger partial charge < -0.3 is 20.7 Å². The fourth-order valence-corrected chi connectivity index (χ4v) is 4.11. The summed E-state index contributed by atoms with van der Waals surface area (Å²) in [5, 5.41) is 3.28. The number of hydrogen-bond donors (Lipinski definition) is 2. The summed E-state index contributed by atoms with van der Waals surface area (Å²) < 4.78 is 5.58. The van der Waals surface area contributed by atoms with Gasteiger partial charge in [0.1, 0.15) is 11.6 Å². The van der Waals surface area contributed by atoms with Crippen molar-refractivity contribution in [3.63, 3.8) is 0 Å². The van der Waals surface area contributed by atoms with E-state index in [1.807, 2.05) is 30.3 Å². The number of nitrogens with two attached hydrogens (primary N) is 1. The Hall–Kier alpha value is -2.76. The van der Waals surface area contributed by atoms with E-state index in [0.29, 0.717) is 29.7 Å². The first-order chi connectivity index (χ1) is 14.0.